The van der Waals surface area contributed by atoms with E-state index >= 15 is 0 Å². The van der Waals surface area contributed by atoms with Crippen LogP contribution in [0.3, 0.4) is 0 Å². The SMILES string of the molecule is CCC1C2CNCC2CN1C(C)CCc1ccc(O)cc1. The highest BCUT2D eigenvalue weighted by atomic mass is 16.3. The van der Waals surface area contributed by atoms with Crippen molar-refractivity contribution in [2.45, 2.75) is 45.2 Å². The van der Waals surface area contributed by atoms with Crippen LogP contribution in [0.4, 0.5) is 0 Å². The summed E-state index contributed by atoms with van der Waals surface area (Å²) in [7, 11) is 0. The Balaban J connectivity index is 1.57. The minimum absolute atomic E-state index is 0.359. The van der Waals surface area contributed by atoms with E-state index in [0.29, 0.717) is 11.8 Å². The number of benzene rings is 1. The molecule has 0 radical (unpaired) electrons. The Morgan fingerprint density at radius 3 is 2.76 bits per heavy atom. The molecular weight excluding hydrogens is 260 g/mol. The molecule has 0 amide bonds. The van der Waals surface area contributed by atoms with Crippen molar-refractivity contribution in [2.75, 3.05) is 19.6 Å². The number of hydrogen-bond acceptors (Lipinski definition) is 3. The van der Waals surface area contributed by atoms with E-state index in [2.05, 4.69) is 24.1 Å². The van der Waals surface area contributed by atoms with Gasteiger partial charge < -0.3 is 10.4 Å². The van der Waals surface area contributed by atoms with Crippen molar-refractivity contribution in [2.24, 2.45) is 11.8 Å². The minimum Gasteiger partial charge on any atom is -0.508 e. The third-order valence-corrected chi connectivity index (χ3v) is 5.53. The van der Waals surface area contributed by atoms with Crippen LogP contribution >= 0.6 is 0 Å². The van der Waals surface area contributed by atoms with Gasteiger partial charge in [0.15, 0.2) is 0 Å². The summed E-state index contributed by atoms with van der Waals surface area (Å²) in [5, 5.41) is 12.9. The zero-order valence-corrected chi connectivity index (χ0v) is 13.3. The summed E-state index contributed by atoms with van der Waals surface area (Å²) in [4.78, 5) is 2.76. The Kier molecular flexibility index (Phi) is 4.51. The van der Waals surface area contributed by atoms with Gasteiger partial charge in [-0.05, 0) is 68.8 Å². The van der Waals surface area contributed by atoms with Crippen LogP contribution in [0.25, 0.3) is 0 Å². The lowest BCUT2D eigenvalue weighted by atomic mass is 9.92. The smallest absolute Gasteiger partial charge is 0.115 e. The fourth-order valence-corrected chi connectivity index (χ4v) is 4.30. The summed E-state index contributed by atoms with van der Waals surface area (Å²) in [5.74, 6) is 2.09. The lowest BCUT2D eigenvalue weighted by Crippen LogP contribution is -2.41. The van der Waals surface area contributed by atoms with Gasteiger partial charge in [0.25, 0.3) is 0 Å². The summed E-state index contributed by atoms with van der Waals surface area (Å²) >= 11 is 0. The molecule has 2 aliphatic rings. The highest BCUT2D eigenvalue weighted by molar-refractivity contribution is 5.25. The number of rotatable bonds is 5. The molecule has 3 nitrogen and oxygen atoms in total. The van der Waals surface area contributed by atoms with Crippen molar-refractivity contribution in [3.05, 3.63) is 29.8 Å². The molecule has 0 spiro atoms. The molecular formula is C18H28N2O. The number of aromatic hydroxyl groups is 1. The van der Waals surface area contributed by atoms with Gasteiger partial charge in [-0.15, -0.1) is 0 Å². The van der Waals surface area contributed by atoms with Crippen molar-refractivity contribution >= 4 is 0 Å². The molecule has 0 bridgehead atoms. The first-order valence-corrected chi connectivity index (χ1v) is 8.43. The van der Waals surface area contributed by atoms with Gasteiger partial charge in [0.1, 0.15) is 5.75 Å². The highest BCUT2D eigenvalue weighted by Crippen LogP contribution is 2.36. The van der Waals surface area contributed by atoms with Gasteiger partial charge in [0.05, 0.1) is 0 Å². The van der Waals surface area contributed by atoms with Gasteiger partial charge >= 0.3 is 0 Å². The van der Waals surface area contributed by atoms with Gasteiger partial charge in [-0.25, -0.2) is 0 Å². The van der Waals surface area contributed by atoms with Crippen LogP contribution in [0.5, 0.6) is 5.75 Å². The molecule has 3 heteroatoms. The molecule has 116 valence electrons. The standard InChI is InChI=1S/C18H28N2O/c1-3-18-17-11-19-10-15(17)12-20(18)13(2)4-5-14-6-8-16(21)9-7-14/h6-9,13,15,17-19,21H,3-5,10-12H2,1-2H3. The van der Waals surface area contributed by atoms with Crippen LogP contribution in [-0.2, 0) is 6.42 Å². The largest absolute Gasteiger partial charge is 0.508 e. The maximum Gasteiger partial charge on any atom is 0.115 e. The Bertz CT molecular complexity index is 459. The molecule has 2 aliphatic heterocycles. The quantitative estimate of drug-likeness (QED) is 0.874. The third-order valence-electron chi connectivity index (χ3n) is 5.53. The van der Waals surface area contributed by atoms with Crippen molar-refractivity contribution in [3.8, 4) is 5.75 Å². The second kappa shape index (κ2) is 6.37. The Morgan fingerprint density at radius 1 is 1.29 bits per heavy atom. The summed E-state index contributed by atoms with van der Waals surface area (Å²) in [6.45, 7) is 8.42. The maximum absolute atomic E-state index is 9.35. The average Bonchev–Trinajstić information content (AvgIpc) is 3.06. The van der Waals surface area contributed by atoms with Gasteiger partial charge in [-0.2, -0.15) is 0 Å². The molecule has 0 aliphatic carbocycles. The topological polar surface area (TPSA) is 35.5 Å². The van der Waals surface area contributed by atoms with Crippen LogP contribution in [0.1, 0.15) is 32.3 Å². The second-order valence-corrected chi connectivity index (χ2v) is 6.81. The Labute approximate surface area is 128 Å². The first-order valence-electron chi connectivity index (χ1n) is 8.43. The van der Waals surface area contributed by atoms with Crippen molar-refractivity contribution in [3.63, 3.8) is 0 Å². The average molecular weight is 288 g/mol. The number of nitrogens with zero attached hydrogens (tertiary/aromatic N) is 1. The zero-order valence-electron chi connectivity index (χ0n) is 13.3. The summed E-state index contributed by atoms with van der Waals surface area (Å²) < 4.78 is 0. The lowest BCUT2D eigenvalue weighted by molar-refractivity contribution is 0.158. The number of fused-ring (bicyclic) bond motifs is 1. The number of nitrogens with one attached hydrogen (secondary N) is 1. The van der Waals surface area contributed by atoms with E-state index < -0.39 is 0 Å². The predicted octanol–water partition coefficient (Wildman–Crippen LogP) is 2.64. The van der Waals surface area contributed by atoms with E-state index in [4.69, 9.17) is 0 Å². The molecule has 2 N–H and O–H groups in total. The summed E-state index contributed by atoms with van der Waals surface area (Å²) in [6, 6.07) is 9.08. The molecule has 4 atom stereocenters. The number of phenolic OH excluding ortho intramolecular Hbond substituents is 1. The molecule has 21 heavy (non-hydrogen) atoms. The summed E-state index contributed by atoms with van der Waals surface area (Å²) in [6.07, 6.45) is 3.57. The highest BCUT2D eigenvalue weighted by Gasteiger charge is 2.44. The molecule has 1 aromatic carbocycles. The van der Waals surface area contributed by atoms with E-state index in [1.165, 1.54) is 38.0 Å². The number of aryl methyl sites for hydroxylation is 1. The zero-order chi connectivity index (χ0) is 14.8. The van der Waals surface area contributed by atoms with Gasteiger partial charge in [-0.1, -0.05) is 19.1 Å². The third kappa shape index (κ3) is 3.09. The first kappa shape index (κ1) is 14.9. The van der Waals surface area contributed by atoms with Crippen LogP contribution < -0.4 is 5.32 Å². The molecule has 1 aromatic rings. The molecule has 0 aromatic heterocycles. The maximum atomic E-state index is 9.35. The molecule has 3 rings (SSSR count). The first-order chi connectivity index (χ1) is 10.2. The Hall–Kier alpha value is -1.06. The van der Waals surface area contributed by atoms with E-state index in [9.17, 15) is 5.11 Å². The van der Waals surface area contributed by atoms with Gasteiger partial charge in [0.2, 0.25) is 0 Å². The molecule has 2 heterocycles. The van der Waals surface area contributed by atoms with Gasteiger partial charge in [-0.3, -0.25) is 4.90 Å². The fourth-order valence-electron chi connectivity index (χ4n) is 4.30. The van der Waals surface area contributed by atoms with E-state index in [1.807, 2.05) is 12.1 Å². The van der Waals surface area contributed by atoms with Crippen molar-refractivity contribution < 1.29 is 5.11 Å². The van der Waals surface area contributed by atoms with Crippen LogP contribution in [0.2, 0.25) is 0 Å². The van der Waals surface area contributed by atoms with Gasteiger partial charge in [0, 0.05) is 18.6 Å². The normalized spacial score (nSPS) is 30.5. The number of hydrogen-bond donors (Lipinski definition) is 2. The van der Waals surface area contributed by atoms with Crippen LogP contribution in [0.15, 0.2) is 24.3 Å². The van der Waals surface area contributed by atoms with Crippen molar-refractivity contribution in [1.29, 1.82) is 0 Å². The monoisotopic (exact) mass is 288 g/mol. The minimum atomic E-state index is 0.359. The van der Waals surface area contributed by atoms with Crippen LogP contribution in [0, 0.1) is 11.8 Å². The molecule has 2 fully saturated rings. The van der Waals surface area contributed by atoms with E-state index in [-0.39, 0.29) is 0 Å². The number of phenols is 1. The van der Waals surface area contributed by atoms with E-state index in [1.54, 1.807) is 12.1 Å². The summed E-state index contributed by atoms with van der Waals surface area (Å²) in [5.41, 5.74) is 1.33. The molecule has 2 saturated heterocycles. The van der Waals surface area contributed by atoms with Crippen molar-refractivity contribution in [1.82, 2.24) is 10.2 Å². The lowest BCUT2D eigenvalue weighted by Gasteiger charge is -2.32. The number of likely N-dealkylation sites (tertiary alicyclic amines) is 1. The van der Waals surface area contributed by atoms with Crippen LogP contribution in [-0.4, -0.2) is 41.7 Å². The Morgan fingerprint density at radius 2 is 2.05 bits per heavy atom. The fraction of sp³-hybridized carbons (Fsp3) is 0.667. The van der Waals surface area contributed by atoms with E-state index in [0.717, 1.165) is 24.3 Å². The molecule has 0 saturated carbocycles. The second-order valence-electron chi connectivity index (χ2n) is 6.81. The molecule has 4 unspecified atom stereocenters. The predicted molar refractivity (Wildman–Crippen MR) is 86.5 cm³/mol.